The van der Waals surface area contributed by atoms with Crippen LogP contribution in [0.4, 0.5) is 5.69 Å². The molecule has 0 bridgehead atoms. The number of anilines is 1. The molecular weight excluding hydrogens is 282 g/mol. The van der Waals surface area contributed by atoms with Crippen LogP contribution in [-0.4, -0.2) is 33.7 Å². The standard InChI is InChI=1S/C12H15N3O4S/c1-19-10-7-9(14)3-4-11(10)20(17,18)8-12(16)15-6-2-5-13/h3-4,7H,2,6,8,14H2,1H3,(H,15,16). The van der Waals surface area contributed by atoms with Gasteiger partial charge in [-0.1, -0.05) is 0 Å². The molecule has 1 aromatic carbocycles. The van der Waals surface area contributed by atoms with Crippen LogP contribution >= 0.6 is 0 Å². The Hall–Kier alpha value is -2.27. The van der Waals surface area contributed by atoms with Gasteiger partial charge in [0.2, 0.25) is 5.91 Å². The van der Waals surface area contributed by atoms with Crippen molar-refractivity contribution in [1.29, 1.82) is 5.26 Å². The topological polar surface area (TPSA) is 122 Å². The number of nitrogen functional groups attached to an aromatic ring is 1. The summed E-state index contributed by atoms with van der Waals surface area (Å²) in [6, 6.07) is 5.94. The minimum absolute atomic E-state index is 0.0924. The second-order valence-electron chi connectivity index (χ2n) is 3.93. The van der Waals surface area contributed by atoms with Gasteiger partial charge >= 0.3 is 0 Å². The summed E-state index contributed by atoms with van der Waals surface area (Å²) in [7, 11) is -2.51. The Morgan fingerprint density at radius 2 is 2.20 bits per heavy atom. The second-order valence-corrected chi connectivity index (χ2v) is 5.89. The van der Waals surface area contributed by atoms with Gasteiger partial charge in [0.1, 0.15) is 16.4 Å². The molecule has 0 aliphatic rings. The lowest BCUT2D eigenvalue weighted by molar-refractivity contribution is -0.118. The van der Waals surface area contributed by atoms with Gasteiger partial charge in [0.05, 0.1) is 19.6 Å². The van der Waals surface area contributed by atoms with Crippen molar-refractivity contribution in [2.75, 3.05) is 25.1 Å². The molecule has 108 valence electrons. The number of nitriles is 1. The summed E-state index contributed by atoms with van der Waals surface area (Å²) >= 11 is 0. The molecule has 0 aliphatic heterocycles. The Kier molecular flexibility index (Phi) is 5.34. The van der Waals surface area contributed by atoms with Crippen LogP contribution in [0.25, 0.3) is 0 Å². The number of rotatable bonds is 6. The van der Waals surface area contributed by atoms with E-state index >= 15 is 0 Å². The number of carbonyl (C=O) groups is 1. The number of hydrogen-bond acceptors (Lipinski definition) is 6. The first-order valence-electron chi connectivity index (χ1n) is 5.70. The van der Waals surface area contributed by atoms with Crippen molar-refractivity contribution in [3.63, 3.8) is 0 Å². The van der Waals surface area contributed by atoms with E-state index in [9.17, 15) is 13.2 Å². The molecule has 0 saturated carbocycles. The fourth-order valence-corrected chi connectivity index (χ4v) is 2.83. The molecule has 0 fully saturated rings. The van der Waals surface area contributed by atoms with Crippen molar-refractivity contribution in [3.05, 3.63) is 18.2 Å². The molecule has 0 atom stereocenters. The third kappa shape index (κ3) is 4.13. The van der Waals surface area contributed by atoms with Crippen LogP contribution in [0.5, 0.6) is 5.75 Å². The molecule has 3 N–H and O–H groups in total. The summed E-state index contributed by atoms with van der Waals surface area (Å²) < 4.78 is 29.2. The summed E-state index contributed by atoms with van der Waals surface area (Å²) in [4.78, 5) is 11.4. The molecule has 0 spiro atoms. The van der Waals surface area contributed by atoms with Gasteiger partial charge in [0, 0.05) is 18.3 Å². The van der Waals surface area contributed by atoms with Crippen LogP contribution < -0.4 is 15.8 Å². The second kappa shape index (κ2) is 6.77. The van der Waals surface area contributed by atoms with E-state index in [0.29, 0.717) is 5.69 Å². The molecule has 8 heteroatoms. The Balaban J connectivity index is 2.89. The van der Waals surface area contributed by atoms with Crippen LogP contribution in [-0.2, 0) is 14.6 Å². The van der Waals surface area contributed by atoms with Crippen LogP contribution in [0.3, 0.4) is 0 Å². The Labute approximate surface area is 117 Å². The molecule has 1 amide bonds. The Morgan fingerprint density at radius 1 is 1.50 bits per heavy atom. The van der Waals surface area contributed by atoms with Crippen molar-refractivity contribution in [3.8, 4) is 11.8 Å². The molecule has 20 heavy (non-hydrogen) atoms. The summed E-state index contributed by atoms with van der Waals surface area (Å²) in [5.41, 5.74) is 5.90. The lowest BCUT2D eigenvalue weighted by Gasteiger charge is -2.10. The molecule has 1 aromatic rings. The quantitative estimate of drug-likeness (QED) is 0.566. The summed E-state index contributed by atoms with van der Waals surface area (Å²) in [6.45, 7) is 0.115. The van der Waals surface area contributed by atoms with Gasteiger partial charge in [0.25, 0.3) is 0 Å². The van der Waals surface area contributed by atoms with Crippen LogP contribution in [0.2, 0.25) is 0 Å². The lowest BCUT2D eigenvalue weighted by atomic mass is 10.3. The van der Waals surface area contributed by atoms with E-state index in [1.807, 2.05) is 6.07 Å². The third-order valence-electron chi connectivity index (χ3n) is 2.40. The van der Waals surface area contributed by atoms with Crippen molar-refractivity contribution < 1.29 is 17.9 Å². The number of benzene rings is 1. The average Bonchev–Trinajstić information content (AvgIpc) is 2.37. The van der Waals surface area contributed by atoms with Crippen LogP contribution in [0.15, 0.2) is 23.1 Å². The van der Waals surface area contributed by atoms with E-state index in [4.69, 9.17) is 15.7 Å². The summed E-state index contributed by atoms with van der Waals surface area (Å²) in [5, 5.41) is 10.7. The van der Waals surface area contributed by atoms with Gasteiger partial charge in [-0.3, -0.25) is 4.79 Å². The van der Waals surface area contributed by atoms with Crippen LogP contribution in [0.1, 0.15) is 6.42 Å². The number of sulfone groups is 1. The van der Waals surface area contributed by atoms with Gasteiger partial charge in [-0.25, -0.2) is 8.42 Å². The van der Waals surface area contributed by atoms with Gasteiger partial charge in [-0.2, -0.15) is 5.26 Å². The highest BCUT2D eigenvalue weighted by atomic mass is 32.2. The first-order valence-corrected chi connectivity index (χ1v) is 7.36. The minimum atomic E-state index is -3.83. The number of nitrogens with one attached hydrogen (secondary N) is 1. The summed E-state index contributed by atoms with van der Waals surface area (Å²) in [5.74, 6) is -1.28. The van der Waals surface area contributed by atoms with E-state index in [2.05, 4.69) is 5.32 Å². The largest absolute Gasteiger partial charge is 0.495 e. The number of methoxy groups -OCH3 is 1. The van der Waals surface area contributed by atoms with Gasteiger partial charge < -0.3 is 15.8 Å². The predicted octanol–water partition coefficient (Wildman–Crippen LogP) is 0.0810. The van der Waals surface area contributed by atoms with Gasteiger partial charge in [0.15, 0.2) is 9.84 Å². The maximum atomic E-state index is 12.1. The molecule has 0 aliphatic carbocycles. The highest BCUT2D eigenvalue weighted by Gasteiger charge is 2.23. The molecule has 0 heterocycles. The van der Waals surface area contributed by atoms with E-state index in [-0.39, 0.29) is 23.6 Å². The fraction of sp³-hybridized carbons (Fsp3) is 0.333. The average molecular weight is 297 g/mol. The number of amides is 1. The highest BCUT2D eigenvalue weighted by molar-refractivity contribution is 7.92. The molecular formula is C12H15N3O4S. The van der Waals surface area contributed by atoms with Crippen LogP contribution in [0, 0.1) is 11.3 Å². The minimum Gasteiger partial charge on any atom is -0.495 e. The highest BCUT2D eigenvalue weighted by Crippen LogP contribution is 2.26. The SMILES string of the molecule is COc1cc(N)ccc1S(=O)(=O)CC(=O)NCCC#N. The first-order chi connectivity index (χ1) is 9.40. The van der Waals surface area contributed by atoms with E-state index < -0.39 is 21.5 Å². The lowest BCUT2D eigenvalue weighted by Crippen LogP contribution is -2.31. The smallest absolute Gasteiger partial charge is 0.235 e. The predicted molar refractivity (Wildman–Crippen MR) is 72.7 cm³/mol. The van der Waals surface area contributed by atoms with E-state index in [1.54, 1.807) is 0 Å². The van der Waals surface area contributed by atoms with Crippen molar-refractivity contribution in [2.24, 2.45) is 0 Å². The number of hydrogen-bond donors (Lipinski definition) is 2. The fourth-order valence-electron chi connectivity index (χ4n) is 1.50. The zero-order valence-electron chi connectivity index (χ0n) is 10.9. The Bertz CT molecular complexity index is 635. The number of nitrogens with zero attached hydrogens (tertiary/aromatic N) is 1. The number of ether oxygens (including phenoxy) is 1. The molecule has 0 aromatic heterocycles. The number of carbonyl (C=O) groups excluding carboxylic acids is 1. The molecule has 0 saturated heterocycles. The van der Waals surface area contributed by atoms with E-state index in [1.165, 1.54) is 25.3 Å². The molecule has 0 radical (unpaired) electrons. The molecule has 7 nitrogen and oxygen atoms in total. The third-order valence-corrected chi connectivity index (χ3v) is 4.05. The summed E-state index contributed by atoms with van der Waals surface area (Å²) in [6.07, 6.45) is 0.122. The molecule has 0 unspecified atom stereocenters. The first kappa shape index (κ1) is 15.8. The normalized spacial score (nSPS) is 10.6. The van der Waals surface area contributed by atoms with Gasteiger partial charge in [-0.05, 0) is 12.1 Å². The van der Waals surface area contributed by atoms with Crippen molar-refractivity contribution in [1.82, 2.24) is 5.32 Å². The van der Waals surface area contributed by atoms with Gasteiger partial charge in [-0.15, -0.1) is 0 Å². The number of nitrogens with two attached hydrogens (primary N) is 1. The van der Waals surface area contributed by atoms with E-state index in [0.717, 1.165) is 0 Å². The van der Waals surface area contributed by atoms with Crippen molar-refractivity contribution in [2.45, 2.75) is 11.3 Å². The zero-order valence-corrected chi connectivity index (χ0v) is 11.7. The maximum Gasteiger partial charge on any atom is 0.235 e. The monoisotopic (exact) mass is 297 g/mol. The maximum absolute atomic E-state index is 12.1. The zero-order chi connectivity index (χ0) is 15.2. The van der Waals surface area contributed by atoms with Crippen molar-refractivity contribution >= 4 is 21.4 Å². The Morgan fingerprint density at radius 3 is 2.80 bits per heavy atom. The molecule has 1 rings (SSSR count).